The molecule has 0 saturated carbocycles. The molecule has 28 heavy (non-hydrogen) atoms. The summed E-state index contributed by atoms with van der Waals surface area (Å²) in [5.41, 5.74) is 4.82. The molecular weight excluding hydrogens is 374 g/mol. The number of ether oxygens (including phenoxy) is 2. The topological polar surface area (TPSA) is 55.8 Å². The number of nitrogens with zero attached hydrogens (tertiary/aromatic N) is 1. The highest BCUT2D eigenvalue weighted by molar-refractivity contribution is 7.89. The lowest BCUT2D eigenvalue weighted by Gasteiger charge is -2.35. The molecule has 2 aliphatic heterocycles. The summed E-state index contributed by atoms with van der Waals surface area (Å²) in [6.45, 7) is 9.42. The second-order valence-electron chi connectivity index (χ2n) is 7.82. The van der Waals surface area contributed by atoms with E-state index in [4.69, 9.17) is 9.47 Å². The first-order valence-electron chi connectivity index (χ1n) is 9.81. The van der Waals surface area contributed by atoms with E-state index in [1.54, 1.807) is 4.31 Å². The van der Waals surface area contributed by atoms with E-state index in [2.05, 4.69) is 0 Å². The molecule has 0 amide bonds. The Hall–Kier alpha value is -2.05. The SMILES string of the molecule is Cc1cc(C)c(S(=O)(=O)N2CCc3cc4c(cc3C2C)OCCCO4)c(C)c1. The molecule has 0 aliphatic carbocycles. The van der Waals surface area contributed by atoms with Crippen LogP contribution in [0, 0.1) is 20.8 Å². The van der Waals surface area contributed by atoms with E-state index in [-0.39, 0.29) is 6.04 Å². The van der Waals surface area contributed by atoms with Crippen molar-refractivity contribution < 1.29 is 17.9 Å². The van der Waals surface area contributed by atoms with Gasteiger partial charge in [0.15, 0.2) is 11.5 Å². The third kappa shape index (κ3) is 3.18. The van der Waals surface area contributed by atoms with E-state index in [9.17, 15) is 8.42 Å². The van der Waals surface area contributed by atoms with Gasteiger partial charge in [-0.3, -0.25) is 0 Å². The summed E-state index contributed by atoms with van der Waals surface area (Å²) in [6, 6.07) is 7.61. The van der Waals surface area contributed by atoms with Crippen molar-refractivity contribution in [2.45, 2.75) is 51.5 Å². The maximum atomic E-state index is 13.6. The van der Waals surface area contributed by atoms with Crippen LogP contribution < -0.4 is 9.47 Å². The smallest absolute Gasteiger partial charge is 0.244 e. The van der Waals surface area contributed by atoms with E-state index < -0.39 is 10.0 Å². The molecule has 2 aliphatic rings. The number of rotatable bonds is 2. The van der Waals surface area contributed by atoms with Gasteiger partial charge in [-0.15, -0.1) is 0 Å². The molecule has 1 atom stereocenters. The largest absolute Gasteiger partial charge is 0.490 e. The first-order valence-corrected chi connectivity index (χ1v) is 11.2. The van der Waals surface area contributed by atoms with Gasteiger partial charge in [0.1, 0.15) is 0 Å². The van der Waals surface area contributed by atoms with Gasteiger partial charge in [-0.05, 0) is 68.5 Å². The van der Waals surface area contributed by atoms with Crippen LogP contribution in [0.15, 0.2) is 29.2 Å². The van der Waals surface area contributed by atoms with Crippen LogP contribution in [-0.2, 0) is 16.4 Å². The van der Waals surface area contributed by atoms with Gasteiger partial charge in [0.2, 0.25) is 10.0 Å². The summed E-state index contributed by atoms with van der Waals surface area (Å²) < 4.78 is 40.4. The standard InChI is InChI=1S/C22H27NO4S/c1-14-10-15(2)22(16(3)11-14)28(24,25)23-7-6-18-12-20-21(13-19(18)17(23)4)27-9-5-8-26-20/h10-13,17H,5-9H2,1-4H3. The minimum Gasteiger partial charge on any atom is -0.490 e. The van der Waals surface area contributed by atoms with Gasteiger partial charge in [0, 0.05) is 19.0 Å². The van der Waals surface area contributed by atoms with Crippen molar-refractivity contribution in [1.82, 2.24) is 4.31 Å². The minimum atomic E-state index is -3.60. The highest BCUT2D eigenvalue weighted by Gasteiger charge is 2.36. The van der Waals surface area contributed by atoms with E-state index in [1.807, 2.05) is 52.0 Å². The Balaban J connectivity index is 1.75. The zero-order valence-corrected chi connectivity index (χ0v) is 17.7. The van der Waals surface area contributed by atoms with Crippen LogP contribution in [0.3, 0.4) is 0 Å². The van der Waals surface area contributed by atoms with Crippen LogP contribution >= 0.6 is 0 Å². The third-order valence-electron chi connectivity index (χ3n) is 5.66. The fraction of sp³-hybridized carbons (Fsp3) is 0.455. The lowest BCUT2D eigenvalue weighted by molar-refractivity contribution is 0.296. The summed E-state index contributed by atoms with van der Waals surface area (Å²) in [6.07, 6.45) is 1.51. The molecule has 4 rings (SSSR count). The number of hydrogen-bond acceptors (Lipinski definition) is 4. The number of sulfonamides is 1. The number of aryl methyl sites for hydroxylation is 3. The molecule has 1 unspecified atom stereocenters. The van der Waals surface area contributed by atoms with Crippen molar-refractivity contribution in [3.8, 4) is 11.5 Å². The molecule has 0 bridgehead atoms. The van der Waals surface area contributed by atoms with E-state index >= 15 is 0 Å². The Morgan fingerprint density at radius 1 is 0.964 bits per heavy atom. The van der Waals surface area contributed by atoms with E-state index in [0.717, 1.165) is 40.0 Å². The molecule has 0 N–H and O–H groups in total. The first-order chi connectivity index (χ1) is 13.3. The van der Waals surface area contributed by atoms with Crippen LogP contribution in [0.25, 0.3) is 0 Å². The fourth-order valence-corrected chi connectivity index (χ4v) is 6.50. The average Bonchev–Trinajstić information content (AvgIpc) is 2.84. The van der Waals surface area contributed by atoms with Gasteiger partial charge in [-0.1, -0.05) is 17.7 Å². The third-order valence-corrected chi connectivity index (χ3v) is 7.94. The Labute approximate surface area is 167 Å². The summed E-state index contributed by atoms with van der Waals surface area (Å²) in [5, 5.41) is 0. The monoisotopic (exact) mass is 401 g/mol. The van der Waals surface area contributed by atoms with Crippen LogP contribution in [0.5, 0.6) is 11.5 Å². The maximum absolute atomic E-state index is 13.6. The normalized spacial score (nSPS) is 19.8. The highest BCUT2D eigenvalue weighted by Crippen LogP contribution is 2.41. The lowest BCUT2D eigenvalue weighted by atomic mass is 9.94. The Bertz CT molecular complexity index is 1010. The molecule has 2 aromatic rings. The average molecular weight is 402 g/mol. The predicted molar refractivity (Wildman–Crippen MR) is 109 cm³/mol. The first kappa shape index (κ1) is 19.3. The van der Waals surface area contributed by atoms with Crippen molar-refractivity contribution in [1.29, 1.82) is 0 Å². The molecule has 2 heterocycles. The summed E-state index contributed by atoms with van der Waals surface area (Å²) in [4.78, 5) is 0.433. The Kier molecular flexibility index (Phi) is 4.88. The van der Waals surface area contributed by atoms with Gasteiger partial charge in [0.25, 0.3) is 0 Å². The molecule has 2 aromatic carbocycles. The molecule has 6 heteroatoms. The van der Waals surface area contributed by atoms with Crippen molar-refractivity contribution >= 4 is 10.0 Å². The van der Waals surface area contributed by atoms with Gasteiger partial charge in [-0.2, -0.15) is 4.31 Å². The van der Waals surface area contributed by atoms with Gasteiger partial charge in [0.05, 0.1) is 18.1 Å². The molecule has 0 fully saturated rings. The van der Waals surface area contributed by atoms with Crippen molar-refractivity contribution in [2.75, 3.05) is 19.8 Å². The quantitative estimate of drug-likeness (QED) is 0.761. The molecule has 150 valence electrons. The van der Waals surface area contributed by atoms with Crippen molar-refractivity contribution in [2.24, 2.45) is 0 Å². The van der Waals surface area contributed by atoms with Crippen molar-refractivity contribution in [3.05, 3.63) is 52.1 Å². The summed E-state index contributed by atoms with van der Waals surface area (Å²) in [7, 11) is -3.60. The van der Waals surface area contributed by atoms with Crippen LogP contribution in [0.2, 0.25) is 0 Å². The highest BCUT2D eigenvalue weighted by atomic mass is 32.2. The zero-order chi connectivity index (χ0) is 20.1. The number of hydrogen-bond donors (Lipinski definition) is 0. The van der Waals surface area contributed by atoms with Gasteiger partial charge in [-0.25, -0.2) is 8.42 Å². The summed E-state index contributed by atoms with van der Waals surface area (Å²) >= 11 is 0. The predicted octanol–water partition coefficient (Wildman–Crippen LogP) is 4.08. The van der Waals surface area contributed by atoms with E-state index in [1.165, 1.54) is 0 Å². The van der Waals surface area contributed by atoms with Gasteiger partial charge >= 0.3 is 0 Å². The lowest BCUT2D eigenvalue weighted by Crippen LogP contribution is -2.39. The number of fused-ring (bicyclic) bond motifs is 2. The molecule has 0 aromatic heterocycles. The molecule has 0 spiro atoms. The van der Waals surface area contributed by atoms with Crippen molar-refractivity contribution in [3.63, 3.8) is 0 Å². The van der Waals surface area contributed by atoms with E-state index in [0.29, 0.717) is 36.8 Å². The van der Waals surface area contributed by atoms with Gasteiger partial charge < -0.3 is 9.47 Å². The summed E-state index contributed by atoms with van der Waals surface area (Å²) in [5.74, 6) is 1.48. The molecular formula is C22H27NO4S. The second kappa shape index (κ2) is 7.08. The fourth-order valence-electron chi connectivity index (χ4n) is 4.47. The van der Waals surface area contributed by atoms with Crippen LogP contribution in [0.1, 0.15) is 47.2 Å². The van der Waals surface area contributed by atoms with Crippen LogP contribution in [-0.4, -0.2) is 32.5 Å². The van der Waals surface area contributed by atoms with Crippen LogP contribution in [0.4, 0.5) is 0 Å². The second-order valence-corrected chi connectivity index (χ2v) is 9.65. The molecule has 0 radical (unpaired) electrons. The Morgan fingerprint density at radius 3 is 2.21 bits per heavy atom. The molecule has 0 saturated heterocycles. The maximum Gasteiger partial charge on any atom is 0.244 e. The Morgan fingerprint density at radius 2 is 1.57 bits per heavy atom. The number of benzene rings is 2. The zero-order valence-electron chi connectivity index (χ0n) is 16.9. The molecule has 5 nitrogen and oxygen atoms in total. The minimum absolute atomic E-state index is 0.258.